The molecule has 0 aliphatic heterocycles. The number of thiazole rings is 1. The van der Waals surface area contributed by atoms with E-state index in [4.69, 9.17) is 28.5 Å². The van der Waals surface area contributed by atoms with Gasteiger partial charge in [-0.1, -0.05) is 34.5 Å². The fourth-order valence-corrected chi connectivity index (χ4v) is 4.04. The van der Waals surface area contributed by atoms with Gasteiger partial charge in [-0.05, 0) is 36.4 Å². The summed E-state index contributed by atoms with van der Waals surface area (Å²) in [5, 5.41) is 15.9. The van der Waals surface area contributed by atoms with Crippen molar-refractivity contribution in [3.05, 3.63) is 63.9 Å². The van der Waals surface area contributed by atoms with Crippen LogP contribution in [0.1, 0.15) is 11.1 Å². The van der Waals surface area contributed by atoms with E-state index in [1.807, 2.05) is 6.07 Å². The molecule has 156 valence electrons. The van der Waals surface area contributed by atoms with Gasteiger partial charge >= 0.3 is 6.18 Å². The zero-order valence-electron chi connectivity index (χ0n) is 15.1. The first-order valence-corrected chi connectivity index (χ1v) is 10.0. The monoisotopic (exact) mass is 480 g/mol. The minimum Gasteiger partial charge on any atom is -0.338 e. The highest BCUT2D eigenvalue weighted by atomic mass is 35.5. The molecule has 2 heterocycles. The van der Waals surface area contributed by atoms with E-state index in [0.29, 0.717) is 38.2 Å². The first-order chi connectivity index (χ1) is 14.7. The molecule has 2 aromatic carbocycles. The topological polar surface area (TPSA) is 86.5 Å². The summed E-state index contributed by atoms with van der Waals surface area (Å²) in [4.78, 5) is 13.3. The Morgan fingerprint density at radius 1 is 1.00 bits per heavy atom. The molecule has 0 saturated heterocycles. The van der Waals surface area contributed by atoms with Gasteiger partial charge in [0, 0.05) is 5.69 Å². The minimum absolute atomic E-state index is 0.248. The molecule has 2 N–H and O–H groups in total. The zero-order chi connectivity index (χ0) is 22.2. The third-order valence-electron chi connectivity index (χ3n) is 4.07. The number of aromatic nitrogens is 3. The van der Waals surface area contributed by atoms with Gasteiger partial charge in [0.2, 0.25) is 0 Å². The standard InChI is InChI=1S/C19H9Cl2F3N6S/c20-12-5-9(7-25)6-13(21)14(12)29-18-30-15-16(26-8-27-17(15)31-18)28-11-3-1-10(2-4-11)19(22,23)24/h1-6,8H,(H,29,30)(H,26,27,28). The van der Waals surface area contributed by atoms with Crippen LogP contribution in [0, 0.1) is 11.3 Å². The molecule has 0 aliphatic carbocycles. The average Bonchev–Trinajstić information content (AvgIpc) is 3.14. The number of halogens is 5. The van der Waals surface area contributed by atoms with Crippen LogP contribution in [0.2, 0.25) is 10.0 Å². The van der Waals surface area contributed by atoms with Crippen molar-refractivity contribution in [2.24, 2.45) is 0 Å². The lowest BCUT2D eigenvalue weighted by Gasteiger charge is -2.09. The molecule has 2 aromatic heterocycles. The highest BCUT2D eigenvalue weighted by molar-refractivity contribution is 7.21. The summed E-state index contributed by atoms with van der Waals surface area (Å²) >= 11 is 13.6. The number of anilines is 4. The first kappa shape index (κ1) is 21.1. The van der Waals surface area contributed by atoms with Crippen molar-refractivity contribution in [3.8, 4) is 6.07 Å². The van der Waals surface area contributed by atoms with Gasteiger partial charge in [-0.15, -0.1) is 0 Å². The van der Waals surface area contributed by atoms with E-state index in [1.54, 1.807) is 0 Å². The maximum Gasteiger partial charge on any atom is 0.416 e. The summed E-state index contributed by atoms with van der Waals surface area (Å²) in [6.45, 7) is 0. The summed E-state index contributed by atoms with van der Waals surface area (Å²) in [5.41, 5.74) is 0.775. The van der Waals surface area contributed by atoms with Gasteiger partial charge in [-0.2, -0.15) is 18.4 Å². The van der Waals surface area contributed by atoms with Crippen LogP contribution in [0.4, 0.5) is 35.5 Å². The van der Waals surface area contributed by atoms with Gasteiger partial charge in [-0.25, -0.2) is 15.0 Å². The van der Waals surface area contributed by atoms with Crippen LogP contribution in [-0.2, 0) is 6.18 Å². The van der Waals surface area contributed by atoms with Crippen LogP contribution in [0.3, 0.4) is 0 Å². The van der Waals surface area contributed by atoms with E-state index < -0.39 is 11.7 Å². The summed E-state index contributed by atoms with van der Waals surface area (Å²) in [7, 11) is 0. The van der Waals surface area contributed by atoms with Crippen molar-refractivity contribution in [3.63, 3.8) is 0 Å². The molecule has 0 saturated carbocycles. The molecule has 0 amide bonds. The van der Waals surface area contributed by atoms with E-state index in [-0.39, 0.29) is 10.0 Å². The molecule has 31 heavy (non-hydrogen) atoms. The van der Waals surface area contributed by atoms with E-state index in [9.17, 15) is 13.2 Å². The predicted molar refractivity (Wildman–Crippen MR) is 114 cm³/mol. The molecule has 0 spiro atoms. The van der Waals surface area contributed by atoms with Crippen molar-refractivity contribution < 1.29 is 13.2 Å². The second kappa shape index (κ2) is 8.19. The second-order valence-corrected chi connectivity index (χ2v) is 7.94. The molecular weight excluding hydrogens is 472 g/mol. The Kier molecular flexibility index (Phi) is 5.58. The predicted octanol–water partition coefficient (Wildman–Crippen LogP) is 6.77. The normalized spacial score (nSPS) is 11.4. The number of nitriles is 1. The van der Waals surface area contributed by atoms with Gasteiger partial charge in [-0.3, -0.25) is 0 Å². The van der Waals surface area contributed by atoms with Crippen molar-refractivity contribution in [2.75, 3.05) is 10.6 Å². The Bertz CT molecular complexity index is 1290. The molecule has 0 aliphatic rings. The van der Waals surface area contributed by atoms with E-state index in [0.717, 1.165) is 12.1 Å². The Morgan fingerprint density at radius 2 is 1.68 bits per heavy atom. The number of fused-ring (bicyclic) bond motifs is 1. The molecule has 12 heteroatoms. The average molecular weight is 481 g/mol. The van der Waals surface area contributed by atoms with E-state index >= 15 is 0 Å². The highest BCUT2D eigenvalue weighted by Crippen LogP contribution is 2.37. The quantitative estimate of drug-likeness (QED) is 0.335. The molecule has 0 radical (unpaired) electrons. The Labute approximate surface area is 187 Å². The zero-order valence-corrected chi connectivity index (χ0v) is 17.5. The number of alkyl halides is 3. The Hall–Kier alpha value is -3.13. The number of rotatable bonds is 4. The number of nitrogens with one attached hydrogen (secondary N) is 2. The lowest BCUT2D eigenvalue weighted by Crippen LogP contribution is -2.04. The lowest BCUT2D eigenvalue weighted by atomic mass is 10.2. The molecule has 0 bridgehead atoms. The molecule has 0 unspecified atom stereocenters. The fraction of sp³-hybridized carbons (Fsp3) is 0.0526. The van der Waals surface area contributed by atoms with Crippen LogP contribution in [0.5, 0.6) is 0 Å². The number of hydrogen-bond acceptors (Lipinski definition) is 7. The summed E-state index contributed by atoms with van der Waals surface area (Å²) in [6.07, 6.45) is -3.09. The number of benzene rings is 2. The molecular formula is C19H9Cl2F3N6S. The van der Waals surface area contributed by atoms with Crippen LogP contribution in [0.15, 0.2) is 42.7 Å². The Balaban J connectivity index is 1.63. The smallest absolute Gasteiger partial charge is 0.338 e. The highest BCUT2D eigenvalue weighted by Gasteiger charge is 2.30. The van der Waals surface area contributed by atoms with Gasteiger partial charge in [0.15, 0.2) is 15.8 Å². The van der Waals surface area contributed by atoms with E-state index in [2.05, 4.69) is 25.6 Å². The summed E-state index contributed by atoms with van der Waals surface area (Å²) < 4.78 is 38.2. The largest absolute Gasteiger partial charge is 0.416 e. The minimum atomic E-state index is -4.41. The van der Waals surface area contributed by atoms with Gasteiger partial charge < -0.3 is 10.6 Å². The van der Waals surface area contributed by atoms with Crippen LogP contribution in [0.25, 0.3) is 10.3 Å². The third kappa shape index (κ3) is 4.49. The van der Waals surface area contributed by atoms with Crippen molar-refractivity contribution in [2.45, 2.75) is 6.18 Å². The molecule has 0 atom stereocenters. The third-order valence-corrected chi connectivity index (χ3v) is 5.55. The molecule has 4 rings (SSSR count). The van der Waals surface area contributed by atoms with Crippen molar-refractivity contribution >= 4 is 67.2 Å². The first-order valence-electron chi connectivity index (χ1n) is 8.46. The van der Waals surface area contributed by atoms with Crippen LogP contribution >= 0.6 is 34.5 Å². The Morgan fingerprint density at radius 3 is 2.29 bits per heavy atom. The fourth-order valence-electron chi connectivity index (χ4n) is 2.64. The van der Waals surface area contributed by atoms with Crippen LogP contribution in [-0.4, -0.2) is 15.0 Å². The van der Waals surface area contributed by atoms with E-state index in [1.165, 1.54) is 41.9 Å². The summed E-state index contributed by atoms with van der Waals surface area (Å²) in [6, 6.07) is 9.47. The SMILES string of the molecule is N#Cc1cc(Cl)c(Nc2nc3c(Nc4ccc(C(F)(F)F)cc4)ncnc3s2)c(Cl)c1. The molecule has 4 aromatic rings. The lowest BCUT2D eigenvalue weighted by molar-refractivity contribution is -0.137. The van der Waals surface area contributed by atoms with Gasteiger partial charge in [0.05, 0.1) is 32.9 Å². The summed E-state index contributed by atoms with van der Waals surface area (Å²) in [5.74, 6) is 0.325. The van der Waals surface area contributed by atoms with Gasteiger partial charge in [0.25, 0.3) is 0 Å². The van der Waals surface area contributed by atoms with Crippen LogP contribution < -0.4 is 10.6 Å². The van der Waals surface area contributed by atoms with Gasteiger partial charge in [0.1, 0.15) is 11.8 Å². The maximum absolute atomic E-state index is 12.7. The maximum atomic E-state index is 12.7. The van der Waals surface area contributed by atoms with Crippen molar-refractivity contribution in [1.82, 2.24) is 15.0 Å². The second-order valence-electron chi connectivity index (χ2n) is 6.15. The number of hydrogen-bond donors (Lipinski definition) is 2. The molecule has 6 nitrogen and oxygen atoms in total. The molecule has 0 fully saturated rings. The number of nitrogens with zero attached hydrogens (tertiary/aromatic N) is 4. The van der Waals surface area contributed by atoms with Crippen molar-refractivity contribution in [1.29, 1.82) is 5.26 Å².